The molecule has 0 aromatic heterocycles. The molecule has 4 unspecified atom stereocenters. The van der Waals surface area contributed by atoms with Crippen LogP contribution in [0.5, 0.6) is 0 Å². The molecule has 2 heterocycles. The standard InChI is InChI=1S/C14H22N2O6/c1-4-5-16-14(20)8-7(13(19)15-3)10-9(18)12(11(8)22-10)21-6(2)17/h7-12,18H,4-5H2,1-3H3,(H,15,19)(H,16,20)/t7?,8?,9-,10+,11?,12?/m1/s1. The van der Waals surface area contributed by atoms with Gasteiger partial charge in [0, 0.05) is 20.5 Å². The topological polar surface area (TPSA) is 114 Å². The molecule has 0 aromatic carbocycles. The zero-order valence-corrected chi connectivity index (χ0v) is 12.9. The maximum absolute atomic E-state index is 12.4. The summed E-state index contributed by atoms with van der Waals surface area (Å²) in [5.41, 5.74) is 0. The fourth-order valence-electron chi connectivity index (χ4n) is 3.20. The van der Waals surface area contributed by atoms with E-state index in [9.17, 15) is 19.5 Å². The van der Waals surface area contributed by atoms with Crippen LogP contribution in [-0.4, -0.2) is 60.9 Å². The molecule has 2 bridgehead atoms. The van der Waals surface area contributed by atoms with Crippen LogP contribution in [0.1, 0.15) is 20.3 Å². The van der Waals surface area contributed by atoms with E-state index in [1.54, 1.807) is 0 Å². The fourth-order valence-corrected chi connectivity index (χ4v) is 3.20. The van der Waals surface area contributed by atoms with Gasteiger partial charge >= 0.3 is 5.97 Å². The highest BCUT2D eigenvalue weighted by molar-refractivity contribution is 5.89. The molecule has 0 saturated carbocycles. The summed E-state index contributed by atoms with van der Waals surface area (Å²) >= 11 is 0. The number of ether oxygens (including phenoxy) is 2. The Kier molecular flexibility index (Phi) is 5.02. The van der Waals surface area contributed by atoms with Gasteiger partial charge in [-0.15, -0.1) is 0 Å². The van der Waals surface area contributed by atoms with Crippen LogP contribution in [0.25, 0.3) is 0 Å². The van der Waals surface area contributed by atoms with E-state index >= 15 is 0 Å². The molecular formula is C14H22N2O6. The van der Waals surface area contributed by atoms with Gasteiger partial charge in [0.25, 0.3) is 0 Å². The number of amides is 2. The number of carbonyl (C=O) groups is 3. The SMILES string of the molecule is CCCNC(=O)C1C2O[C@@H](C1C(=O)NC)[C@@H](O)C2OC(C)=O. The predicted octanol–water partition coefficient (Wildman–Crippen LogP) is -1.44. The summed E-state index contributed by atoms with van der Waals surface area (Å²) in [6, 6.07) is 0. The minimum atomic E-state index is -1.12. The zero-order valence-electron chi connectivity index (χ0n) is 12.9. The summed E-state index contributed by atoms with van der Waals surface area (Å²) in [5.74, 6) is -2.85. The summed E-state index contributed by atoms with van der Waals surface area (Å²) in [4.78, 5) is 35.6. The van der Waals surface area contributed by atoms with Crippen molar-refractivity contribution < 1.29 is 29.0 Å². The van der Waals surface area contributed by atoms with Crippen molar-refractivity contribution in [3.63, 3.8) is 0 Å². The molecule has 0 aliphatic carbocycles. The molecule has 2 rings (SSSR count). The highest BCUT2D eigenvalue weighted by Crippen LogP contribution is 2.45. The lowest BCUT2D eigenvalue weighted by Gasteiger charge is -2.33. The minimum absolute atomic E-state index is 0.327. The van der Waals surface area contributed by atoms with Crippen molar-refractivity contribution in [2.45, 2.75) is 44.7 Å². The van der Waals surface area contributed by atoms with E-state index in [1.807, 2.05) is 6.92 Å². The van der Waals surface area contributed by atoms with E-state index in [1.165, 1.54) is 14.0 Å². The molecule has 2 aliphatic rings. The highest BCUT2D eigenvalue weighted by atomic mass is 16.6. The van der Waals surface area contributed by atoms with E-state index in [0.29, 0.717) is 6.54 Å². The third kappa shape index (κ3) is 2.80. The Morgan fingerprint density at radius 3 is 2.36 bits per heavy atom. The van der Waals surface area contributed by atoms with Gasteiger partial charge in [0.1, 0.15) is 18.3 Å². The number of fused-ring (bicyclic) bond motifs is 2. The quantitative estimate of drug-likeness (QED) is 0.536. The number of hydrogen-bond acceptors (Lipinski definition) is 6. The summed E-state index contributed by atoms with van der Waals surface area (Å²) in [7, 11) is 1.46. The van der Waals surface area contributed by atoms with Crippen molar-refractivity contribution in [1.29, 1.82) is 0 Å². The first kappa shape index (κ1) is 16.7. The third-order valence-corrected chi connectivity index (χ3v) is 4.11. The Balaban J connectivity index is 2.24. The Hall–Kier alpha value is -1.67. The van der Waals surface area contributed by atoms with Crippen molar-refractivity contribution in [1.82, 2.24) is 10.6 Å². The van der Waals surface area contributed by atoms with E-state index in [-0.39, 0.29) is 11.8 Å². The lowest BCUT2D eigenvalue weighted by Crippen LogP contribution is -2.56. The van der Waals surface area contributed by atoms with Crippen LogP contribution in [0.15, 0.2) is 0 Å². The van der Waals surface area contributed by atoms with Crippen molar-refractivity contribution in [2.24, 2.45) is 11.8 Å². The smallest absolute Gasteiger partial charge is 0.303 e. The molecule has 8 nitrogen and oxygen atoms in total. The van der Waals surface area contributed by atoms with Gasteiger partial charge in [0.2, 0.25) is 11.8 Å². The third-order valence-electron chi connectivity index (χ3n) is 4.11. The van der Waals surface area contributed by atoms with Crippen LogP contribution in [0.2, 0.25) is 0 Å². The predicted molar refractivity (Wildman–Crippen MR) is 74.6 cm³/mol. The van der Waals surface area contributed by atoms with Gasteiger partial charge in [0.15, 0.2) is 6.10 Å². The summed E-state index contributed by atoms with van der Waals surface area (Å²) < 4.78 is 10.7. The number of nitrogens with one attached hydrogen (secondary N) is 2. The first-order valence-electron chi connectivity index (χ1n) is 7.42. The number of hydrogen-bond donors (Lipinski definition) is 3. The Morgan fingerprint density at radius 1 is 1.18 bits per heavy atom. The number of carbonyl (C=O) groups excluding carboxylic acids is 3. The van der Waals surface area contributed by atoms with E-state index < -0.39 is 42.2 Å². The van der Waals surface area contributed by atoms with Gasteiger partial charge in [-0.25, -0.2) is 0 Å². The normalized spacial score (nSPS) is 36.0. The molecule has 2 fully saturated rings. The largest absolute Gasteiger partial charge is 0.457 e. The minimum Gasteiger partial charge on any atom is -0.457 e. The average molecular weight is 314 g/mol. The molecule has 0 aromatic rings. The van der Waals surface area contributed by atoms with Crippen molar-refractivity contribution in [2.75, 3.05) is 13.6 Å². The zero-order chi connectivity index (χ0) is 16.4. The second kappa shape index (κ2) is 6.62. The summed E-state index contributed by atoms with van der Waals surface area (Å²) in [6.07, 6.45) is -2.96. The molecule has 0 radical (unpaired) electrons. The van der Waals surface area contributed by atoms with Crippen LogP contribution < -0.4 is 10.6 Å². The van der Waals surface area contributed by atoms with Crippen LogP contribution in [-0.2, 0) is 23.9 Å². The lowest BCUT2D eigenvalue weighted by atomic mass is 9.75. The molecule has 2 amide bonds. The maximum Gasteiger partial charge on any atom is 0.303 e. The van der Waals surface area contributed by atoms with Crippen molar-refractivity contribution >= 4 is 17.8 Å². The first-order chi connectivity index (χ1) is 10.4. The molecular weight excluding hydrogens is 292 g/mol. The first-order valence-corrected chi connectivity index (χ1v) is 7.42. The molecule has 6 atom stereocenters. The van der Waals surface area contributed by atoms with Crippen LogP contribution in [0.3, 0.4) is 0 Å². The lowest BCUT2D eigenvalue weighted by molar-refractivity contribution is -0.159. The van der Waals surface area contributed by atoms with Gasteiger partial charge < -0.3 is 25.2 Å². The van der Waals surface area contributed by atoms with Crippen LogP contribution >= 0.6 is 0 Å². The Morgan fingerprint density at radius 2 is 1.82 bits per heavy atom. The summed E-state index contributed by atoms with van der Waals surface area (Å²) in [6.45, 7) is 3.62. The van der Waals surface area contributed by atoms with Gasteiger partial charge in [-0.1, -0.05) is 6.92 Å². The van der Waals surface area contributed by atoms with E-state index in [0.717, 1.165) is 6.42 Å². The second-order valence-corrected chi connectivity index (χ2v) is 5.59. The van der Waals surface area contributed by atoms with E-state index in [2.05, 4.69) is 10.6 Å². The van der Waals surface area contributed by atoms with Gasteiger partial charge in [-0.2, -0.15) is 0 Å². The molecule has 124 valence electrons. The summed E-state index contributed by atoms with van der Waals surface area (Å²) in [5, 5.41) is 15.4. The van der Waals surface area contributed by atoms with Crippen molar-refractivity contribution in [3.8, 4) is 0 Å². The highest BCUT2D eigenvalue weighted by Gasteiger charge is 2.65. The van der Waals surface area contributed by atoms with Crippen LogP contribution in [0.4, 0.5) is 0 Å². The fraction of sp³-hybridized carbons (Fsp3) is 0.786. The molecule has 22 heavy (non-hydrogen) atoms. The van der Waals surface area contributed by atoms with E-state index in [4.69, 9.17) is 9.47 Å². The van der Waals surface area contributed by atoms with Gasteiger partial charge in [-0.3, -0.25) is 14.4 Å². The number of rotatable bonds is 5. The molecule has 0 spiro atoms. The molecule has 2 saturated heterocycles. The molecule has 8 heteroatoms. The Labute approximate surface area is 128 Å². The monoisotopic (exact) mass is 314 g/mol. The number of aliphatic hydroxyl groups excluding tert-OH is 1. The number of aliphatic hydroxyl groups is 1. The van der Waals surface area contributed by atoms with Gasteiger partial charge in [0.05, 0.1) is 11.8 Å². The molecule has 2 aliphatic heterocycles. The average Bonchev–Trinajstić information content (AvgIpc) is 3.00. The Bertz CT molecular complexity index is 468. The van der Waals surface area contributed by atoms with Gasteiger partial charge in [-0.05, 0) is 6.42 Å². The molecule has 3 N–H and O–H groups in total. The second-order valence-electron chi connectivity index (χ2n) is 5.59. The number of esters is 1. The maximum atomic E-state index is 12.4. The van der Waals surface area contributed by atoms with Crippen molar-refractivity contribution in [3.05, 3.63) is 0 Å². The van der Waals surface area contributed by atoms with Crippen LogP contribution in [0, 0.1) is 11.8 Å².